The minimum atomic E-state index is -0.00364. The first kappa shape index (κ1) is 14.0. The van der Waals surface area contributed by atoms with Crippen molar-refractivity contribution in [1.82, 2.24) is 9.97 Å². The van der Waals surface area contributed by atoms with E-state index in [0.717, 1.165) is 17.4 Å². The first-order valence-corrected chi connectivity index (χ1v) is 6.27. The van der Waals surface area contributed by atoms with Crippen LogP contribution in [0.1, 0.15) is 24.2 Å². The molecule has 0 bridgehead atoms. The Hall–Kier alpha value is -2.43. The van der Waals surface area contributed by atoms with Crippen LogP contribution in [0.4, 0.5) is 0 Å². The van der Waals surface area contributed by atoms with Gasteiger partial charge in [0, 0.05) is 18.0 Å². The van der Waals surface area contributed by atoms with E-state index in [1.807, 2.05) is 26.0 Å². The Kier molecular flexibility index (Phi) is 4.30. The van der Waals surface area contributed by atoms with Gasteiger partial charge in [0.1, 0.15) is 5.75 Å². The average molecular weight is 272 g/mol. The van der Waals surface area contributed by atoms with Crippen LogP contribution in [0.5, 0.6) is 11.8 Å². The highest BCUT2D eigenvalue weighted by atomic mass is 16.5. The standard InChI is InChI=1S/C15H16N2O3/c1-10(2)20-14-6-4-5-12(13(14)9-18)11-7-16-15(19-3)17-8-11/h4-10H,1-3H3. The lowest BCUT2D eigenvalue weighted by Crippen LogP contribution is -2.08. The quantitative estimate of drug-likeness (QED) is 0.783. The van der Waals surface area contributed by atoms with E-state index < -0.39 is 0 Å². The summed E-state index contributed by atoms with van der Waals surface area (Å²) in [5.74, 6) is 0.559. The molecule has 0 aliphatic heterocycles. The molecule has 0 saturated carbocycles. The van der Waals surface area contributed by atoms with Crippen molar-refractivity contribution in [2.24, 2.45) is 0 Å². The molecular weight excluding hydrogens is 256 g/mol. The number of ether oxygens (including phenoxy) is 2. The van der Waals surface area contributed by atoms with Crippen molar-refractivity contribution in [3.8, 4) is 22.9 Å². The molecule has 20 heavy (non-hydrogen) atoms. The molecule has 1 aromatic carbocycles. The van der Waals surface area contributed by atoms with Crippen molar-refractivity contribution >= 4 is 6.29 Å². The van der Waals surface area contributed by atoms with E-state index in [9.17, 15) is 4.79 Å². The zero-order valence-corrected chi connectivity index (χ0v) is 11.7. The molecule has 5 heteroatoms. The van der Waals surface area contributed by atoms with Gasteiger partial charge >= 0.3 is 6.01 Å². The number of rotatable bonds is 5. The first-order valence-electron chi connectivity index (χ1n) is 6.27. The summed E-state index contributed by atoms with van der Waals surface area (Å²) in [6.07, 6.45) is 4.02. The van der Waals surface area contributed by atoms with Crippen LogP contribution >= 0.6 is 0 Å². The molecule has 0 atom stereocenters. The third kappa shape index (κ3) is 2.93. The van der Waals surface area contributed by atoms with Crippen molar-refractivity contribution in [2.45, 2.75) is 20.0 Å². The molecule has 0 radical (unpaired) electrons. The van der Waals surface area contributed by atoms with E-state index >= 15 is 0 Å². The molecule has 0 saturated heterocycles. The number of aromatic nitrogens is 2. The van der Waals surface area contributed by atoms with E-state index in [4.69, 9.17) is 9.47 Å². The van der Waals surface area contributed by atoms with Gasteiger partial charge in [0.25, 0.3) is 0 Å². The van der Waals surface area contributed by atoms with Gasteiger partial charge in [-0.25, -0.2) is 9.97 Å². The van der Waals surface area contributed by atoms with Crippen LogP contribution < -0.4 is 9.47 Å². The van der Waals surface area contributed by atoms with Crippen molar-refractivity contribution in [3.63, 3.8) is 0 Å². The van der Waals surface area contributed by atoms with E-state index in [1.54, 1.807) is 18.5 Å². The maximum absolute atomic E-state index is 11.4. The second kappa shape index (κ2) is 6.14. The molecule has 0 aliphatic carbocycles. The lowest BCUT2D eigenvalue weighted by Gasteiger charge is -2.14. The Morgan fingerprint density at radius 2 is 1.90 bits per heavy atom. The molecule has 0 amide bonds. The molecule has 5 nitrogen and oxygen atoms in total. The fraction of sp³-hybridized carbons (Fsp3) is 0.267. The summed E-state index contributed by atoms with van der Waals surface area (Å²) in [5, 5.41) is 0. The number of methoxy groups -OCH3 is 1. The largest absolute Gasteiger partial charge is 0.490 e. The van der Waals surface area contributed by atoms with Gasteiger partial charge in [0.15, 0.2) is 6.29 Å². The molecule has 104 valence electrons. The van der Waals surface area contributed by atoms with E-state index in [1.165, 1.54) is 7.11 Å². The van der Waals surface area contributed by atoms with Crippen molar-refractivity contribution in [2.75, 3.05) is 7.11 Å². The number of hydrogen-bond donors (Lipinski definition) is 0. The van der Waals surface area contributed by atoms with E-state index in [2.05, 4.69) is 9.97 Å². The van der Waals surface area contributed by atoms with Gasteiger partial charge in [-0.1, -0.05) is 12.1 Å². The van der Waals surface area contributed by atoms with Crippen LogP contribution in [-0.4, -0.2) is 29.5 Å². The molecule has 0 unspecified atom stereocenters. The predicted octanol–water partition coefficient (Wildman–Crippen LogP) is 2.75. The average Bonchev–Trinajstić information content (AvgIpc) is 2.46. The Morgan fingerprint density at radius 1 is 1.20 bits per heavy atom. The highest BCUT2D eigenvalue weighted by Gasteiger charge is 2.12. The molecule has 0 aliphatic rings. The van der Waals surface area contributed by atoms with E-state index in [0.29, 0.717) is 11.3 Å². The number of nitrogens with zero attached hydrogens (tertiary/aromatic N) is 2. The maximum atomic E-state index is 11.4. The first-order chi connectivity index (χ1) is 9.65. The van der Waals surface area contributed by atoms with Gasteiger partial charge in [0.2, 0.25) is 0 Å². The predicted molar refractivity (Wildman–Crippen MR) is 75.2 cm³/mol. The number of benzene rings is 1. The Balaban J connectivity index is 2.46. The van der Waals surface area contributed by atoms with Crippen LogP contribution in [0.3, 0.4) is 0 Å². The molecular formula is C15H16N2O3. The van der Waals surface area contributed by atoms with Gasteiger partial charge in [-0.05, 0) is 25.5 Å². The normalized spacial score (nSPS) is 10.4. The van der Waals surface area contributed by atoms with Gasteiger partial charge in [-0.15, -0.1) is 0 Å². The van der Waals surface area contributed by atoms with Crippen LogP contribution in [0, 0.1) is 0 Å². The summed E-state index contributed by atoms with van der Waals surface area (Å²) in [5.41, 5.74) is 1.97. The molecule has 0 fully saturated rings. The molecule has 1 aromatic heterocycles. The lowest BCUT2D eigenvalue weighted by atomic mass is 10.0. The third-order valence-electron chi connectivity index (χ3n) is 2.67. The van der Waals surface area contributed by atoms with Gasteiger partial charge in [-0.3, -0.25) is 4.79 Å². The van der Waals surface area contributed by atoms with Gasteiger partial charge < -0.3 is 9.47 Å². The number of aldehydes is 1. The topological polar surface area (TPSA) is 61.3 Å². The Morgan fingerprint density at radius 3 is 2.45 bits per heavy atom. The molecule has 1 heterocycles. The molecule has 0 spiro atoms. The summed E-state index contributed by atoms with van der Waals surface area (Å²) in [6.45, 7) is 3.83. The van der Waals surface area contributed by atoms with Gasteiger partial charge in [0.05, 0.1) is 18.8 Å². The highest BCUT2D eigenvalue weighted by Crippen LogP contribution is 2.29. The van der Waals surface area contributed by atoms with Crippen molar-refractivity contribution in [3.05, 3.63) is 36.2 Å². The number of carbonyl (C=O) groups is 1. The maximum Gasteiger partial charge on any atom is 0.316 e. The number of carbonyl (C=O) groups excluding carboxylic acids is 1. The van der Waals surface area contributed by atoms with Crippen molar-refractivity contribution < 1.29 is 14.3 Å². The molecule has 0 N–H and O–H groups in total. The number of hydrogen-bond acceptors (Lipinski definition) is 5. The third-order valence-corrected chi connectivity index (χ3v) is 2.67. The lowest BCUT2D eigenvalue weighted by molar-refractivity contribution is 0.111. The minimum absolute atomic E-state index is 0.00364. The Bertz CT molecular complexity index is 595. The SMILES string of the molecule is COc1ncc(-c2cccc(OC(C)C)c2C=O)cn1. The summed E-state index contributed by atoms with van der Waals surface area (Å²) >= 11 is 0. The summed E-state index contributed by atoms with van der Waals surface area (Å²) in [4.78, 5) is 19.5. The highest BCUT2D eigenvalue weighted by molar-refractivity contribution is 5.90. The van der Waals surface area contributed by atoms with Crippen LogP contribution in [0.15, 0.2) is 30.6 Å². The fourth-order valence-corrected chi connectivity index (χ4v) is 1.83. The van der Waals surface area contributed by atoms with Crippen molar-refractivity contribution in [1.29, 1.82) is 0 Å². The minimum Gasteiger partial charge on any atom is -0.490 e. The monoisotopic (exact) mass is 272 g/mol. The van der Waals surface area contributed by atoms with Crippen LogP contribution in [0.2, 0.25) is 0 Å². The smallest absolute Gasteiger partial charge is 0.316 e. The second-order valence-corrected chi connectivity index (χ2v) is 4.46. The molecule has 2 rings (SSSR count). The molecule has 2 aromatic rings. The summed E-state index contributed by atoms with van der Waals surface area (Å²) in [6, 6.07) is 5.74. The zero-order chi connectivity index (χ0) is 14.5. The fourth-order valence-electron chi connectivity index (χ4n) is 1.83. The van der Waals surface area contributed by atoms with Crippen LogP contribution in [0.25, 0.3) is 11.1 Å². The Labute approximate surface area is 117 Å². The van der Waals surface area contributed by atoms with Crippen LogP contribution in [-0.2, 0) is 0 Å². The van der Waals surface area contributed by atoms with Gasteiger partial charge in [-0.2, -0.15) is 0 Å². The zero-order valence-electron chi connectivity index (χ0n) is 11.7. The second-order valence-electron chi connectivity index (χ2n) is 4.46. The summed E-state index contributed by atoms with van der Waals surface area (Å²) in [7, 11) is 1.50. The van der Waals surface area contributed by atoms with E-state index in [-0.39, 0.29) is 12.1 Å². The summed E-state index contributed by atoms with van der Waals surface area (Å²) < 4.78 is 10.6.